The summed E-state index contributed by atoms with van der Waals surface area (Å²) in [7, 11) is 0. The summed E-state index contributed by atoms with van der Waals surface area (Å²) in [6, 6.07) is 5.84. The molecule has 0 unspecified atom stereocenters. The first-order chi connectivity index (χ1) is 7.89. The second-order valence-corrected chi connectivity index (χ2v) is 6.13. The fourth-order valence-electron chi connectivity index (χ4n) is 2.36. The number of rotatable bonds is 2. The molecule has 0 bridgehead atoms. The van der Waals surface area contributed by atoms with Crippen molar-refractivity contribution in [2.24, 2.45) is 5.41 Å². The Bertz CT molecular complexity index is 415. The molecule has 2 nitrogen and oxygen atoms in total. The molecule has 1 aromatic carbocycles. The first kappa shape index (κ1) is 12.7. The summed E-state index contributed by atoms with van der Waals surface area (Å²) in [5, 5.41) is 10.3. The lowest BCUT2D eigenvalue weighted by Crippen LogP contribution is -2.22. The zero-order valence-electron chi connectivity index (χ0n) is 10.7. The van der Waals surface area contributed by atoms with Crippen molar-refractivity contribution in [3.05, 3.63) is 28.8 Å². The Hall–Kier alpha value is -0.730. The van der Waals surface area contributed by atoms with Gasteiger partial charge in [-0.1, -0.05) is 31.5 Å². The first-order valence-electron chi connectivity index (χ1n) is 6.11. The van der Waals surface area contributed by atoms with Crippen LogP contribution in [-0.4, -0.2) is 18.2 Å². The third kappa shape index (κ3) is 2.75. The third-order valence-electron chi connectivity index (χ3n) is 3.47. The van der Waals surface area contributed by atoms with Gasteiger partial charge in [-0.05, 0) is 36.5 Å². The number of nitrogens with zero attached hydrogens (tertiary/aromatic N) is 1. The van der Waals surface area contributed by atoms with Crippen LogP contribution in [0.25, 0.3) is 0 Å². The van der Waals surface area contributed by atoms with Gasteiger partial charge in [-0.15, -0.1) is 0 Å². The van der Waals surface area contributed by atoms with Crippen LogP contribution in [0.15, 0.2) is 18.2 Å². The van der Waals surface area contributed by atoms with Gasteiger partial charge in [0, 0.05) is 13.1 Å². The van der Waals surface area contributed by atoms with E-state index in [1.54, 1.807) is 6.92 Å². The van der Waals surface area contributed by atoms with Crippen molar-refractivity contribution < 1.29 is 5.11 Å². The fourth-order valence-corrected chi connectivity index (χ4v) is 2.67. The predicted octanol–water partition coefficient (Wildman–Crippen LogP) is 3.63. The van der Waals surface area contributed by atoms with Gasteiger partial charge in [0.25, 0.3) is 0 Å². The number of benzene rings is 1. The van der Waals surface area contributed by atoms with Crippen LogP contribution in [0.3, 0.4) is 0 Å². The van der Waals surface area contributed by atoms with Crippen LogP contribution in [0.5, 0.6) is 0 Å². The van der Waals surface area contributed by atoms with Gasteiger partial charge >= 0.3 is 0 Å². The van der Waals surface area contributed by atoms with E-state index in [2.05, 4.69) is 18.7 Å². The maximum absolute atomic E-state index is 9.52. The molecule has 0 aromatic heterocycles. The molecular weight excluding hydrogens is 234 g/mol. The molecule has 1 saturated heterocycles. The molecule has 1 N–H and O–H groups in total. The molecule has 1 atom stereocenters. The van der Waals surface area contributed by atoms with E-state index in [1.807, 2.05) is 18.2 Å². The first-order valence-corrected chi connectivity index (χ1v) is 6.49. The van der Waals surface area contributed by atoms with E-state index in [0.29, 0.717) is 5.41 Å². The van der Waals surface area contributed by atoms with E-state index in [4.69, 9.17) is 11.6 Å². The fraction of sp³-hybridized carbons (Fsp3) is 0.571. The van der Waals surface area contributed by atoms with Crippen LogP contribution in [0.2, 0.25) is 5.02 Å². The van der Waals surface area contributed by atoms with Crippen LogP contribution in [-0.2, 0) is 0 Å². The minimum absolute atomic E-state index is 0.367. The highest BCUT2D eigenvalue weighted by Crippen LogP contribution is 2.36. The maximum atomic E-state index is 9.52. The summed E-state index contributed by atoms with van der Waals surface area (Å²) in [6.45, 7) is 8.42. The molecule has 2 rings (SSSR count). The molecule has 1 heterocycles. The standard InChI is InChI=1S/C14H20ClNO/c1-10(17)11-4-5-13(12(15)8-11)16-7-6-14(2,3)9-16/h4-5,8,10,17H,6-7,9H2,1-3H3/t10-/m0/s1. The van der Waals surface area contributed by atoms with E-state index in [-0.39, 0.29) is 0 Å². The van der Waals surface area contributed by atoms with Gasteiger partial charge < -0.3 is 10.0 Å². The third-order valence-corrected chi connectivity index (χ3v) is 3.77. The lowest BCUT2D eigenvalue weighted by Gasteiger charge is -2.23. The van der Waals surface area contributed by atoms with E-state index >= 15 is 0 Å². The molecule has 0 radical (unpaired) electrons. The molecule has 1 fully saturated rings. The van der Waals surface area contributed by atoms with Crippen LogP contribution >= 0.6 is 11.6 Å². The summed E-state index contributed by atoms with van der Waals surface area (Å²) in [4.78, 5) is 2.33. The van der Waals surface area contributed by atoms with E-state index in [1.165, 1.54) is 6.42 Å². The Labute approximate surface area is 108 Å². The summed E-state index contributed by atoms with van der Waals surface area (Å²) < 4.78 is 0. The summed E-state index contributed by atoms with van der Waals surface area (Å²) in [6.07, 6.45) is 0.734. The molecule has 0 amide bonds. The zero-order valence-corrected chi connectivity index (χ0v) is 11.5. The minimum atomic E-state index is -0.462. The molecular formula is C14H20ClNO. The summed E-state index contributed by atoms with van der Waals surface area (Å²) in [5.74, 6) is 0. The average Bonchev–Trinajstić information content (AvgIpc) is 2.58. The normalized spacial score (nSPS) is 20.6. The topological polar surface area (TPSA) is 23.5 Å². The Morgan fingerprint density at radius 2 is 2.12 bits per heavy atom. The number of hydrogen-bond acceptors (Lipinski definition) is 2. The number of anilines is 1. The average molecular weight is 254 g/mol. The number of aliphatic hydroxyl groups is 1. The Balaban J connectivity index is 2.23. The quantitative estimate of drug-likeness (QED) is 0.870. The second-order valence-electron chi connectivity index (χ2n) is 5.72. The predicted molar refractivity (Wildman–Crippen MR) is 72.7 cm³/mol. The number of halogens is 1. The largest absolute Gasteiger partial charge is 0.389 e. The van der Waals surface area contributed by atoms with Crippen molar-refractivity contribution >= 4 is 17.3 Å². The van der Waals surface area contributed by atoms with E-state index in [9.17, 15) is 5.11 Å². The number of aliphatic hydroxyl groups excluding tert-OH is 1. The monoisotopic (exact) mass is 253 g/mol. The SMILES string of the molecule is C[C@H](O)c1ccc(N2CCC(C)(C)C2)c(Cl)c1. The van der Waals surface area contributed by atoms with E-state index in [0.717, 1.165) is 29.4 Å². The highest BCUT2D eigenvalue weighted by Gasteiger charge is 2.30. The molecule has 1 aliphatic heterocycles. The van der Waals surface area contributed by atoms with Crippen molar-refractivity contribution in [2.45, 2.75) is 33.3 Å². The molecule has 17 heavy (non-hydrogen) atoms. The second kappa shape index (κ2) is 4.51. The van der Waals surface area contributed by atoms with Crippen LogP contribution in [0.4, 0.5) is 5.69 Å². The van der Waals surface area contributed by atoms with Crippen molar-refractivity contribution in [2.75, 3.05) is 18.0 Å². The van der Waals surface area contributed by atoms with Crippen LogP contribution in [0.1, 0.15) is 38.9 Å². The molecule has 1 aromatic rings. The Kier molecular flexibility index (Phi) is 3.37. The van der Waals surface area contributed by atoms with Crippen molar-refractivity contribution in [1.29, 1.82) is 0 Å². The molecule has 0 aliphatic carbocycles. The maximum Gasteiger partial charge on any atom is 0.0762 e. The van der Waals surface area contributed by atoms with Gasteiger partial charge in [-0.3, -0.25) is 0 Å². The molecule has 0 saturated carbocycles. The highest BCUT2D eigenvalue weighted by molar-refractivity contribution is 6.33. The molecule has 3 heteroatoms. The Morgan fingerprint density at radius 3 is 2.59 bits per heavy atom. The lowest BCUT2D eigenvalue weighted by molar-refractivity contribution is 0.199. The summed E-state index contributed by atoms with van der Waals surface area (Å²) >= 11 is 6.29. The lowest BCUT2D eigenvalue weighted by atomic mass is 9.93. The number of hydrogen-bond donors (Lipinski definition) is 1. The molecule has 0 spiro atoms. The van der Waals surface area contributed by atoms with Gasteiger partial charge in [-0.2, -0.15) is 0 Å². The zero-order chi connectivity index (χ0) is 12.6. The molecule has 94 valence electrons. The minimum Gasteiger partial charge on any atom is -0.389 e. The highest BCUT2D eigenvalue weighted by atomic mass is 35.5. The van der Waals surface area contributed by atoms with Crippen LogP contribution in [0, 0.1) is 5.41 Å². The van der Waals surface area contributed by atoms with Crippen LogP contribution < -0.4 is 4.90 Å². The van der Waals surface area contributed by atoms with Crippen molar-refractivity contribution in [3.8, 4) is 0 Å². The van der Waals surface area contributed by atoms with Gasteiger partial charge in [0.15, 0.2) is 0 Å². The van der Waals surface area contributed by atoms with E-state index < -0.39 is 6.10 Å². The van der Waals surface area contributed by atoms with Crippen molar-refractivity contribution in [1.82, 2.24) is 0 Å². The Morgan fingerprint density at radius 1 is 1.41 bits per heavy atom. The molecule has 1 aliphatic rings. The van der Waals surface area contributed by atoms with Gasteiger partial charge in [0.05, 0.1) is 16.8 Å². The van der Waals surface area contributed by atoms with Gasteiger partial charge in [0.2, 0.25) is 0 Å². The summed E-state index contributed by atoms with van der Waals surface area (Å²) in [5.41, 5.74) is 2.32. The smallest absolute Gasteiger partial charge is 0.0762 e. The van der Waals surface area contributed by atoms with Crippen molar-refractivity contribution in [3.63, 3.8) is 0 Å². The van der Waals surface area contributed by atoms with Gasteiger partial charge in [0.1, 0.15) is 0 Å². The van der Waals surface area contributed by atoms with Gasteiger partial charge in [-0.25, -0.2) is 0 Å².